The molecule has 66 valence electrons. The molecule has 0 amide bonds. The zero-order valence-electron chi connectivity index (χ0n) is 7.55. The highest BCUT2D eigenvalue weighted by Crippen LogP contribution is 2.29. The SMILES string of the molecule is CC(C)CSC1CCCC1N. The Morgan fingerprint density at radius 3 is 2.64 bits per heavy atom. The largest absolute Gasteiger partial charge is 0.327 e. The van der Waals surface area contributed by atoms with Gasteiger partial charge in [-0.3, -0.25) is 0 Å². The molecule has 0 saturated heterocycles. The van der Waals surface area contributed by atoms with Crippen molar-refractivity contribution in [3.05, 3.63) is 0 Å². The molecule has 0 spiro atoms. The lowest BCUT2D eigenvalue weighted by molar-refractivity contribution is 0.706. The zero-order valence-corrected chi connectivity index (χ0v) is 8.36. The summed E-state index contributed by atoms with van der Waals surface area (Å²) in [5.41, 5.74) is 5.94. The second kappa shape index (κ2) is 4.36. The van der Waals surface area contributed by atoms with E-state index >= 15 is 0 Å². The third-order valence-electron chi connectivity index (χ3n) is 2.15. The van der Waals surface area contributed by atoms with Crippen LogP contribution in [0.4, 0.5) is 0 Å². The highest BCUT2D eigenvalue weighted by atomic mass is 32.2. The summed E-state index contributed by atoms with van der Waals surface area (Å²) in [5, 5.41) is 0.761. The molecule has 1 rings (SSSR count). The normalized spacial score (nSPS) is 31.6. The third-order valence-corrected chi connectivity index (χ3v) is 4.02. The van der Waals surface area contributed by atoms with E-state index in [1.165, 1.54) is 25.0 Å². The number of rotatable bonds is 3. The minimum Gasteiger partial charge on any atom is -0.327 e. The van der Waals surface area contributed by atoms with Crippen molar-refractivity contribution in [1.29, 1.82) is 0 Å². The van der Waals surface area contributed by atoms with Gasteiger partial charge in [-0.2, -0.15) is 11.8 Å². The van der Waals surface area contributed by atoms with Gasteiger partial charge >= 0.3 is 0 Å². The lowest BCUT2D eigenvalue weighted by Crippen LogP contribution is -2.27. The standard InChI is InChI=1S/C9H19NS/c1-7(2)6-11-9-5-3-4-8(9)10/h7-9H,3-6,10H2,1-2H3. The van der Waals surface area contributed by atoms with Crippen molar-refractivity contribution in [2.24, 2.45) is 11.7 Å². The summed E-state index contributed by atoms with van der Waals surface area (Å²) in [7, 11) is 0. The molecule has 2 unspecified atom stereocenters. The van der Waals surface area contributed by atoms with E-state index in [1.54, 1.807) is 0 Å². The first-order chi connectivity index (χ1) is 5.20. The summed E-state index contributed by atoms with van der Waals surface area (Å²) < 4.78 is 0. The molecular formula is C9H19NS. The van der Waals surface area contributed by atoms with Crippen molar-refractivity contribution in [1.82, 2.24) is 0 Å². The summed E-state index contributed by atoms with van der Waals surface area (Å²) in [6.45, 7) is 4.54. The summed E-state index contributed by atoms with van der Waals surface area (Å²) >= 11 is 2.08. The van der Waals surface area contributed by atoms with E-state index in [-0.39, 0.29) is 0 Å². The third kappa shape index (κ3) is 3.04. The maximum Gasteiger partial charge on any atom is 0.0199 e. The predicted molar refractivity (Wildman–Crippen MR) is 52.9 cm³/mol. The van der Waals surface area contributed by atoms with E-state index in [2.05, 4.69) is 25.6 Å². The summed E-state index contributed by atoms with van der Waals surface area (Å²) in [6, 6.07) is 0.485. The van der Waals surface area contributed by atoms with Gasteiger partial charge in [0.05, 0.1) is 0 Å². The molecule has 0 bridgehead atoms. The summed E-state index contributed by atoms with van der Waals surface area (Å²) in [5.74, 6) is 2.09. The molecule has 2 N–H and O–H groups in total. The first-order valence-corrected chi connectivity index (χ1v) is 5.62. The van der Waals surface area contributed by atoms with Gasteiger partial charge < -0.3 is 5.73 Å². The Morgan fingerprint density at radius 1 is 1.45 bits per heavy atom. The van der Waals surface area contributed by atoms with Crippen LogP contribution in [-0.2, 0) is 0 Å². The van der Waals surface area contributed by atoms with Gasteiger partial charge in [-0.1, -0.05) is 20.3 Å². The van der Waals surface area contributed by atoms with Crippen LogP contribution in [-0.4, -0.2) is 17.0 Å². The van der Waals surface area contributed by atoms with E-state index < -0.39 is 0 Å². The van der Waals surface area contributed by atoms with Crippen LogP contribution in [0.5, 0.6) is 0 Å². The molecular weight excluding hydrogens is 154 g/mol. The van der Waals surface area contributed by atoms with Gasteiger partial charge in [-0.15, -0.1) is 0 Å². The molecule has 0 radical (unpaired) electrons. The van der Waals surface area contributed by atoms with Crippen molar-refractivity contribution in [2.45, 2.75) is 44.4 Å². The quantitative estimate of drug-likeness (QED) is 0.708. The first kappa shape index (κ1) is 9.40. The van der Waals surface area contributed by atoms with Gasteiger partial charge in [-0.25, -0.2) is 0 Å². The number of hydrogen-bond acceptors (Lipinski definition) is 2. The van der Waals surface area contributed by atoms with E-state index in [9.17, 15) is 0 Å². The number of thioether (sulfide) groups is 1. The van der Waals surface area contributed by atoms with Gasteiger partial charge in [0.15, 0.2) is 0 Å². The Bertz CT molecular complexity index is 114. The topological polar surface area (TPSA) is 26.0 Å². The Kier molecular flexibility index (Phi) is 3.73. The minimum absolute atomic E-state index is 0.485. The molecule has 1 aliphatic rings. The maximum atomic E-state index is 5.94. The van der Waals surface area contributed by atoms with Crippen LogP contribution in [0.1, 0.15) is 33.1 Å². The summed E-state index contributed by atoms with van der Waals surface area (Å²) in [6.07, 6.45) is 3.94. The van der Waals surface area contributed by atoms with Crippen molar-refractivity contribution in [3.63, 3.8) is 0 Å². The van der Waals surface area contributed by atoms with Crippen LogP contribution in [0.25, 0.3) is 0 Å². The van der Waals surface area contributed by atoms with Crippen LogP contribution < -0.4 is 5.73 Å². The molecule has 2 heteroatoms. The maximum absolute atomic E-state index is 5.94. The Morgan fingerprint density at radius 2 is 2.18 bits per heavy atom. The fraction of sp³-hybridized carbons (Fsp3) is 1.00. The number of nitrogens with two attached hydrogens (primary N) is 1. The zero-order chi connectivity index (χ0) is 8.27. The minimum atomic E-state index is 0.485. The van der Waals surface area contributed by atoms with E-state index in [4.69, 9.17) is 5.73 Å². The molecule has 1 nitrogen and oxygen atoms in total. The second-order valence-corrected chi connectivity index (χ2v) is 5.13. The monoisotopic (exact) mass is 173 g/mol. The first-order valence-electron chi connectivity index (χ1n) is 4.57. The van der Waals surface area contributed by atoms with E-state index in [0.29, 0.717) is 6.04 Å². The average molecular weight is 173 g/mol. The Labute approximate surface area is 74.1 Å². The fourth-order valence-corrected chi connectivity index (χ4v) is 2.83. The average Bonchev–Trinajstić information content (AvgIpc) is 2.31. The predicted octanol–water partition coefficient (Wildman–Crippen LogP) is 2.26. The smallest absolute Gasteiger partial charge is 0.0199 e. The van der Waals surface area contributed by atoms with Crippen LogP contribution >= 0.6 is 11.8 Å². The van der Waals surface area contributed by atoms with Gasteiger partial charge in [0.2, 0.25) is 0 Å². The van der Waals surface area contributed by atoms with E-state index in [1.807, 2.05) is 0 Å². The second-order valence-electron chi connectivity index (χ2n) is 3.86. The molecule has 0 aromatic carbocycles. The molecule has 0 heterocycles. The lowest BCUT2D eigenvalue weighted by Gasteiger charge is -2.15. The van der Waals surface area contributed by atoms with Gasteiger partial charge in [0, 0.05) is 11.3 Å². The highest BCUT2D eigenvalue weighted by Gasteiger charge is 2.23. The number of hydrogen-bond donors (Lipinski definition) is 1. The molecule has 2 atom stereocenters. The van der Waals surface area contributed by atoms with Gasteiger partial charge in [0.1, 0.15) is 0 Å². The van der Waals surface area contributed by atoms with E-state index in [0.717, 1.165) is 11.2 Å². The van der Waals surface area contributed by atoms with Gasteiger partial charge in [0.25, 0.3) is 0 Å². The van der Waals surface area contributed by atoms with Crippen LogP contribution in [0.3, 0.4) is 0 Å². The van der Waals surface area contributed by atoms with Crippen molar-refractivity contribution >= 4 is 11.8 Å². The van der Waals surface area contributed by atoms with Gasteiger partial charge in [-0.05, 0) is 24.5 Å². The van der Waals surface area contributed by atoms with Crippen LogP contribution in [0, 0.1) is 5.92 Å². The summed E-state index contributed by atoms with van der Waals surface area (Å²) in [4.78, 5) is 0. The Balaban J connectivity index is 2.15. The lowest BCUT2D eigenvalue weighted by atomic mass is 10.3. The molecule has 1 fully saturated rings. The molecule has 0 aromatic heterocycles. The highest BCUT2D eigenvalue weighted by molar-refractivity contribution is 7.99. The molecule has 0 aromatic rings. The van der Waals surface area contributed by atoms with Crippen molar-refractivity contribution < 1.29 is 0 Å². The molecule has 0 aliphatic heterocycles. The molecule has 1 saturated carbocycles. The molecule has 1 aliphatic carbocycles. The van der Waals surface area contributed by atoms with Crippen LogP contribution in [0.2, 0.25) is 0 Å². The van der Waals surface area contributed by atoms with Crippen LogP contribution in [0.15, 0.2) is 0 Å². The molecule has 11 heavy (non-hydrogen) atoms. The Hall–Kier alpha value is 0.310. The fourth-order valence-electron chi connectivity index (χ4n) is 1.48. The van der Waals surface area contributed by atoms with Crippen molar-refractivity contribution in [2.75, 3.05) is 5.75 Å². The van der Waals surface area contributed by atoms with Crippen molar-refractivity contribution in [3.8, 4) is 0 Å².